The van der Waals surface area contributed by atoms with Crippen molar-refractivity contribution in [3.63, 3.8) is 0 Å². The van der Waals surface area contributed by atoms with E-state index >= 15 is 0 Å². The number of hydrogen-bond acceptors (Lipinski definition) is 3. The molecule has 4 heteroatoms. The molecule has 4 nitrogen and oxygen atoms in total. The highest BCUT2D eigenvalue weighted by molar-refractivity contribution is 5.25. The lowest BCUT2D eigenvalue weighted by molar-refractivity contribution is -0.432. The Morgan fingerprint density at radius 2 is 2.42 bits per heavy atom. The van der Waals surface area contributed by atoms with Crippen molar-refractivity contribution in [3.8, 4) is 6.07 Å². The second-order valence-electron chi connectivity index (χ2n) is 2.75. The number of rotatable bonds is 1. The highest BCUT2D eigenvalue weighted by atomic mass is 16.6. The van der Waals surface area contributed by atoms with E-state index in [1.165, 1.54) is 6.08 Å². The Morgan fingerprint density at radius 1 is 1.75 bits per heavy atom. The Labute approximate surface area is 70.0 Å². The fourth-order valence-electron chi connectivity index (χ4n) is 1.14. The molecule has 12 heavy (non-hydrogen) atoms. The molecule has 0 aromatic carbocycles. The summed E-state index contributed by atoms with van der Waals surface area (Å²) in [6, 6.07) is 1.91. The Morgan fingerprint density at radius 3 is 2.92 bits per heavy atom. The Bertz CT molecular complexity index is 310. The van der Waals surface area contributed by atoms with Crippen LogP contribution in [0.5, 0.6) is 0 Å². The summed E-state index contributed by atoms with van der Waals surface area (Å²) in [5.74, 6) is -0.579. The van der Waals surface area contributed by atoms with Crippen molar-refractivity contribution in [2.45, 2.75) is 13.3 Å². The smallest absolute Gasteiger partial charge is 0.259 e. The minimum atomic E-state index is -0.579. The van der Waals surface area contributed by atoms with E-state index in [2.05, 4.69) is 0 Å². The van der Waals surface area contributed by atoms with Crippen LogP contribution in [0.1, 0.15) is 13.3 Å². The molecule has 0 spiro atoms. The normalized spacial score (nSPS) is 22.2. The van der Waals surface area contributed by atoms with Gasteiger partial charge in [-0.05, 0) is 13.3 Å². The van der Waals surface area contributed by atoms with Crippen molar-refractivity contribution in [2.75, 3.05) is 0 Å². The van der Waals surface area contributed by atoms with Crippen LogP contribution in [0.15, 0.2) is 23.4 Å². The Balaban J connectivity index is 2.96. The molecule has 0 bridgehead atoms. The first-order valence-corrected chi connectivity index (χ1v) is 3.56. The van der Waals surface area contributed by atoms with E-state index in [0.29, 0.717) is 6.42 Å². The SMILES string of the molecule is CC1=CC=C([N+](=O)[O-])C(C#N)C1. The second-order valence-corrected chi connectivity index (χ2v) is 2.75. The Hall–Kier alpha value is -1.63. The molecule has 1 aliphatic carbocycles. The van der Waals surface area contributed by atoms with Crippen LogP contribution < -0.4 is 0 Å². The quantitative estimate of drug-likeness (QED) is 0.437. The van der Waals surface area contributed by atoms with Gasteiger partial charge in [-0.2, -0.15) is 5.26 Å². The molecule has 0 heterocycles. The Kier molecular flexibility index (Phi) is 2.24. The molecule has 0 aliphatic heterocycles. The van der Waals surface area contributed by atoms with Crippen molar-refractivity contribution in [2.24, 2.45) is 5.92 Å². The molecule has 1 rings (SSSR count). The fraction of sp³-hybridized carbons (Fsp3) is 0.375. The third-order valence-corrected chi connectivity index (χ3v) is 1.79. The molecule has 0 saturated carbocycles. The van der Waals surface area contributed by atoms with Crippen molar-refractivity contribution >= 4 is 0 Å². The zero-order valence-corrected chi connectivity index (χ0v) is 6.65. The fourth-order valence-corrected chi connectivity index (χ4v) is 1.14. The van der Waals surface area contributed by atoms with Crippen molar-refractivity contribution in [3.05, 3.63) is 33.5 Å². The summed E-state index contributed by atoms with van der Waals surface area (Å²) in [5.41, 5.74) is 1.01. The number of allylic oxidation sites excluding steroid dienone is 4. The third-order valence-electron chi connectivity index (χ3n) is 1.79. The zero-order valence-electron chi connectivity index (χ0n) is 6.65. The lowest BCUT2D eigenvalue weighted by Gasteiger charge is -2.09. The number of nitro groups is 1. The van der Waals surface area contributed by atoms with Gasteiger partial charge in [-0.3, -0.25) is 10.1 Å². The molecule has 1 unspecified atom stereocenters. The van der Waals surface area contributed by atoms with E-state index in [1.807, 2.05) is 13.0 Å². The van der Waals surface area contributed by atoms with E-state index in [0.717, 1.165) is 5.57 Å². The van der Waals surface area contributed by atoms with Crippen LogP contribution >= 0.6 is 0 Å². The van der Waals surface area contributed by atoms with Crippen molar-refractivity contribution < 1.29 is 4.92 Å². The predicted molar refractivity (Wildman–Crippen MR) is 42.6 cm³/mol. The highest BCUT2D eigenvalue weighted by Crippen LogP contribution is 2.24. The zero-order chi connectivity index (χ0) is 9.14. The monoisotopic (exact) mass is 164 g/mol. The lowest BCUT2D eigenvalue weighted by Crippen LogP contribution is -2.13. The van der Waals surface area contributed by atoms with Gasteiger partial charge < -0.3 is 0 Å². The summed E-state index contributed by atoms with van der Waals surface area (Å²) >= 11 is 0. The molecule has 1 atom stereocenters. The minimum absolute atomic E-state index is 0.00287. The van der Waals surface area contributed by atoms with Crippen LogP contribution in [-0.4, -0.2) is 4.92 Å². The molecule has 0 aromatic heterocycles. The summed E-state index contributed by atoms with van der Waals surface area (Å²) in [5, 5.41) is 19.0. The van der Waals surface area contributed by atoms with Crippen LogP contribution in [0.25, 0.3) is 0 Å². The van der Waals surface area contributed by atoms with E-state index in [1.54, 1.807) is 6.08 Å². The second kappa shape index (κ2) is 3.18. The van der Waals surface area contributed by atoms with Gasteiger partial charge in [0.05, 0.1) is 11.0 Å². The topological polar surface area (TPSA) is 66.9 Å². The lowest BCUT2D eigenvalue weighted by atomic mass is 9.93. The molecule has 0 radical (unpaired) electrons. The van der Waals surface area contributed by atoms with E-state index in [4.69, 9.17) is 5.26 Å². The van der Waals surface area contributed by atoms with Gasteiger partial charge >= 0.3 is 0 Å². The van der Waals surface area contributed by atoms with Gasteiger partial charge in [0.25, 0.3) is 5.70 Å². The first kappa shape index (κ1) is 8.47. The third kappa shape index (κ3) is 1.51. The summed E-state index contributed by atoms with van der Waals surface area (Å²) in [4.78, 5) is 9.90. The number of hydrogen-bond donors (Lipinski definition) is 0. The molecule has 1 aliphatic rings. The molecule has 62 valence electrons. The maximum atomic E-state index is 10.4. The number of nitrogens with zero attached hydrogens (tertiary/aromatic N) is 2. The van der Waals surface area contributed by atoms with Crippen LogP contribution in [0.2, 0.25) is 0 Å². The molecule has 0 fully saturated rings. The maximum absolute atomic E-state index is 10.4. The van der Waals surface area contributed by atoms with Gasteiger partial charge in [0.15, 0.2) is 0 Å². The molecule has 0 amide bonds. The molecule has 0 N–H and O–H groups in total. The predicted octanol–water partition coefficient (Wildman–Crippen LogP) is 1.64. The summed E-state index contributed by atoms with van der Waals surface area (Å²) in [6.07, 6.45) is 3.57. The molecular formula is C8H8N2O2. The molecule has 0 saturated heterocycles. The van der Waals surface area contributed by atoms with Crippen LogP contribution in [-0.2, 0) is 0 Å². The summed E-state index contributed by atoms with van der Waals surface area (Å²) in [6.45, 7) is 1.86. The van der Waals surface area contributed by atoms with Crippen molar-refractivity contribution in [1.29, 1.82) is 5.26 Å². The highest BCUT2D eigenvalue weighted by Gasteiger charge is 2.26. The van der Waals surface area contributed by atoms with E-state index in [-0.39, 0.29) is 5.70 Å². The minimum Gasteiger partial charge on any atom is -0.259 e. The average molecular weight is 164 g/mol. The van der Waals surface area contributed by atoms with E-state index in [9.17, 15) is 10.1 Å². The van der Waals surface area contributed by atoms with E-state index < -0.39 is 10.8 Å². The largest absolute Gasteiger partial charge is 0.263 e. The molecular weight excluding hydrogens is 156 g/mol. The number of nitriles is 1. The first-order chi connectivity index (χ1) is 5.65. The van der Waals surface area contributed by atoms with Crippen molar-refractivity contribution in [1.82, 2.24) is 0 Å². The van der Waals surface area contributed by atoms with Gasteiger partial charge in [0.1, 0.15) is 5.92 Å². The van der Waals surface area contributed by atoms with Gasteiger partial charge in [-0.1, -0.05) is 11.6 Å². The molecule has 0 aromatic rings. The average Bonchev–Trinajstić information content (AvgIpc) is 2.03. The van der Waals surface area contributed by atoms with Gasteiger partial charge in [-0.15, -0.1) is 0 Å². The standard InChI is InChI=1S/C8H8N2O2/c1-6-2-3-8(10(11)12)7(4-6)5-9/h2-3,7H,4H2,1H3. The van der Waals surface area contributed by atoms with Gasteiger partial charge in [0, 0.05) is 6.08 Å². The first-order valence-electron chi connectivity index (χ1n) is 3.56. The van der Waals surface area contributed by atoms with Gasteiger partial charge in [0.2, 0.25) is 0 Å². The van der Waals surface area contributed by atoms with Gasteiger partial charge in [-0.25, -0.2) is 0 Å². The summed E-state index contributed by atoms with van der Waals surface area (Å²) in [7, 11) is 0. The maximum Gasteiger partial charge on any atom is 0.263 e. The van der Waals surface area contributed by atoms with Crippen LogP contribution in [0, 0.1) is 27.4 Å². The van der Waals surface area contributed by atoms with Crippen LogP contribution in [0.3, 0.4) is 0 Å². The summed E-state index contributed by atoms with van der Waals surface area (Å²) < 4.78 is 0. The van der Waals surface area contributed by atoms with Crippen LogP contribution in [0.4, 0.5) is 0 Å².